The van der Waals surface area contributed by atoms with Crippen molar-refractivity contribution < 1.29 is 0 Å². The van der Waals surface area contributed by atoms with Crippen LogP contribution >= 0.6 is 23.6 Å². The molecule has 0 saturated heterocycles. The molecule has 0 atom stereocenters. The van der Waals surface area contributed by atoms with Gasteiger partial charge in [-0.05, 0) is 25.1 Å². The molecule has 1 aromatic rings. The van der Waals surface area contributed by atoms with Crippen molar-refractivity contribution in [1.29, 1.82) is 0 Å². The van der Waals surface area contributed by atoms with Gasteiger partial charge in [-0.3, -0.25) is 5.10 Å². The van der Waals surface area contributed by atoms with Crippen LogP contribution in [0.2, 0.25) is 0 Å². The highest BCUT2D eigenvalue weighted by Crippen LogP contribution is 2.18. The lowest BCUT2D eigenvalue weighted by Crippen LogP contribution is -2.25. The van der Waals surface area contributed by atoms with Crippen molar-refractivity contribution in [2.45, 2.75) is 39.5 Å². The zero-order valence-electron chi connectivity index (χ0n) is 9.45. The molecule has 1 N–H and O–H groups in total. The van der Waals surface area contributed by atoms with E-state index >= 15 is 0 Å². The molecule has 1 rings (SSSR count). The van der Waals surface area contributed by atoms with E-state index in [1.807, 2.05) is 0 Å². The van der Waals surface area contributed by atoms with E-state index in [-0.39, 0.29) is 0 Å². The molecule has 0 aromatic carbocycles. The topological polar surface area (TPSA) is 31.9 Å². The molecule has 0 radical (unpaired) electrons. The molecule has 0 aliphatic heterocycles. The van der Waals surface area contributed by atoms with Crippen molar-refractivity contribution in [3.8, 4) is 0 Å². The van der Waals surface area contributed by atoms with E-state index in [0.717, 1.165) is 22.2 Å². The van der Waals surface area contributed by atoms with Crippen LogP contribution in [0.3, 0.4) is 0 Å². The van der Waals surface area contributed by atoms with Gasteiger partial charge in [0.25, 0.3) is 0 Å². The van der Waals surface area contributed by atoms with Crippen molar-refractivity contribution in [2.24, 2.45) is 0 Å². The summed E-state index contributed by atoms with van der Waals surface area (Å²) < 4.78 is 0.767. The fraction of sp³-hybridized carbons (Fsp3) is 0.800. The van der Waals surface area contributed by atoms with Crippen LogP contribution in [0.4, 0.5) is 5.13 Å². The minimum Gasteiger partial charge on any atom is -0.347 e. The maximum atomic E-state index is 5.05. The van der Waals surface area contributed by atoms with Crippen molar-refractivity contribution >= 4 is 28.7 Å². The van der Waals surface area contributed by atoms with Gasteiger partial charge in [0.1, 0.15) is 0 Å². The summed E-state index contributed by atoms with van der Waals surface area (Å²) in [6.45, 7) is 6.61. The molecule has 0 aliphatic rings. The van der Waals surface area contributed by atoms with Gasteiger partial charge in [-0.2, -0.15) is 0 Å². The van der Waals surface area contributed by atoms with Gasteiger partial charge in [0.05, 0.1) is 0 Å². The first-order valence-electron chi connectivity index (χ1n) is 5.58. The second-order valence-corrected chi connectivity index (χ2v) is 5.23. The molecule has 0 aliphatic carbocycles. The SMILES string of the molecule is CCCCN(CCCC)c1n[nH]c(=S)s1. The molecule has 1 aromatic heterocycles. The minimum atomic E-state index is 0.767. The zero-order chi connectivity index (χ0) is 11.1. The third kappa shape index (κ3) is 4.30. The fourth-order valence-electron chi connectivity index (χ4n) is 1.36. The monoisotopic (exact) mass is 245 g/mol. The highest BCUT2D eigenvalue weighted by molar-refractivity contribution is 7.73. The first kappa shape index (κ1) is 12.6. The molecule has 0 spiro atoms. The van der Waals surface area contributed by atoms with E-state index in [1.165, 1.54) is 25.7 Å². The smallest absolute Gasteiger partial charge is 0.206 e. The van der Waals surface area contributed by atoms with Crippen LogP contribution in [0.1, 0.15) is 39.5 Å². The Morgan fingerprint density at radius 2 is 1.87 bits per heavy atom. The minimum absolute atomic E-state index is 0.767. The number of unbranched alkanes of at least 4 members (excludes halogenated alkanes) is 2. The Bertz CT molecular complexity index is 310. The van der Waals surface area contributed by atoms with Crippen LogP contribution < -0.4 is 4.90 Å². The van der Waals surface area contributed by atoms with Crippen LogP contribution in [0.25, 0.3) is 0 Å². The van der Waals surface area contributed by atoms with E-state index in [9.17, 15) is 0 Å². The highest BCUT2D eigenvalue weighted by atomic mass is 32.1. The van der Waals surface area contributed by atoms with Gasteiger partial charge >= 0.3 is 0 Å². The Morgan fingerprint density at radius 3 is 2.27 bits per heavy atom. The van der Waals surface area contributed by atoms with Gasteiger partial charge in [0.2, 0.25) is 5.13 Å². The summed E-state index contributed by atoms with van der Waals surface area (Å²) in [6, 6.07) is 0. The number of aromatic amines is 1. The Kier molecular flexibility index (Phi) is 5.86. The molecule has 86 valence electrons. The van der Waals surface area contributed by atoms with Crippen LogP contribution in [0.15, 0.2) is 0 Å². The summed E-state index contributed by atoms with van der Waals surface area (Å²) in [5, 5.41) is 8.12. The third-order valence-corrected chi connectivity index (χ3v) is 3.41. The second kappa shape index (κ2) is 6.95. The molecule has 0 fully saturated rings. The molecule has 3 nitrogen and oxygen atoms in total. The van der Waals surface area contributed by atoms with Crippen LogP contribution in [0, 0.1) is 3.95 Å². The van der Waals surface area contributed by atoms with Crippen LogP contribution in [-0.2, 0) is 0 Å². The number of rotatable bonds is 7. The molecule has 0 saturated carbocycles. The van der Waals surface area contributed by atoms with Gasteiger partial charge in [0, 0.05) is 13.1 Å². The molecular weight excluding hydrogens is 226 g/mol. The molecule has 0 bridgehead atoms. The Labute approximate surface area is 101 Å². The average molecular weight is 245 g/mol. The lowest BCUT2D eigenvalue weighted by atomic mass is 10.3. The average Bonchev–Trinajstić information content (AvgIpc) is 2.65. The van der Waals surface area contributed by atoms with E-state index in [4.69, 9.17) is 12.2 Å². The summed E-state index contributed by atoms with van der Waals surface area (Å²) in [7, 11) is 0. The number of hydrogen-bond donors (Lipinski definition) is 1. The first-order valence-corrected chi connectivity index (χ1v) is 6.80. The molecule has 5 heteroatoms. The summed E-state index contributed by atoms with van der Waals surface area (Å²) >= 11 is 6.62. The third-order valence-electron chi connectivity index (χ3n) is 2.26. The van der Waals surface area contributed by atoms with E-state index in [2.05, 4.69) is 28.9 Å². The number of hydrogen-bond acceptors (Lipinski definition) is 4. The lowest BCUT2D eigenvalue weighted by molar-refractivity contribution is 0.673. The largest absolute Gasteiger partial charge is 0.347 e. The molecule has 0 unspecified atom stereocenters. The highest BCUT2D eigenvalue weighted by Gasteiger charge is 2.08. The van der Waals surface area contributed by atoms with Crippen molar-refractivity contribution in [3.05, 3.63) is 3.95 Å². The van der Waals surface area contributed by atoms with Gasteiger partial charge in [-0.25, -0.2) is 0 Å². The zero-order valence-corrected chi connectivity index (χ0v) is 11.1. The van der Waals surface area contributed by atoms with E-state index < -0.39 is 0 Å². The van der Waals surface area contributed by atoms with Gasteiger partial charge < -0.3 is 4.90 Å². The molecular formula is C10H19N3S2. The van der Waals surface area contributed by atoms with Crippen molar-refractivity contribution in [1.82, 2.24) is 10.2 Å². The van der Waals surface area contributed by atoms with Gasteiger partial charge in [0.15, 0.2) is 3.95 Å². The predicted octanol–water partition coefficient (Wildman–Crippen LogP) is 3.61. The Balaban J connectivity index is 2.58. The molecule has 15 heavy (non-hydrogen) atoms. The number of nitrogens with one attached hydrogen (secondary N) is 1. The number of nitrogens with zero attached hydrogens (tertiary/aromatic N) is 2. The Morgan fingerprint density at radius 1 is 1.27 bits per heavy atom. The van der Waals surface area contributed by atoms with Crippen LogP contribution in [-0.4, -0.2) is 23.3 Å². The van der Waals surface area contributed by atoms with E-state index in [0.29, 0.717) is 0 Å². The summed E-state index contributed by atoms with van der Waals surface area (Å²) in [4.78, 5) is 2.34. The lowest BCUT2D eigenvalue weighted by Gasteiger charge is -2.20. The number of aromatic nitrogens is 2. The summed E-state index contributed by atoms with van der Waals surface area (Å²) in [5.41, 5.74) is 0. The first-order chi connectivity index (χ1) is 7.27. The normalized spacial score (nSPS) is 10.5. The predicted molar refractivity (Wildman–Crippen MR) is 69.3 cm³/mol. The van der Waals surface area contributed by atoms with Crippen LogP contribution in [0.5, 0.6) is 0 Å². The summed E-state index contributed by atoms with van der Waals surface area (Å²) in [6.07, 6.45) is 4.88. The fourth-order valence-corrected chi connectivity index (χ4v) is 2.29. The standard InChI is InChI=1S/C10H19N3S2/c1-3-5-7-13(8-6-4-2)9-11-12-10(14)15-9/h3-8H2,1-2H3,(H,12,14). The maximum absolute atomic E-state index is 5.05. The maximum Gasteiger partial charge on any atom is 0.206 e. The Hall–Kier alpha value is -0.420. The summed E-state index contributed by atoms with van der Waals surface area (Å²) in [5.74, 6) is 0. The van der Waals surface area contributed by atoms with Crippen molar-refractivity contribution in [2.75, 3.05) is 18.0 Å². The second-order valence-electron chi connectivity index (χ2n) is 3.59. The number of H-pyrrole nitrogens is 1. The van der Waals surface area contributed by atoms with E-state index in [1.54, 1.807) is 11.3 Å². The number of anilines is 1. The van der Waals surface area contributed by atoms with Crippen molar-refractivity contribution in [3.63, 3.8) is 0 Å². The quantitative estimate of drug-likeness (QED) is 0.745. The molecule has 0 amide bonds. The van der Waals surface area contributed by atoms with Gasteiger partial charge in [-0.15, -0.1) is 5.10 Å². The molecule has 1 heterocycles. The van der Waals surface area contributed by atoms with Gasteiger partial charge in [-0.1, -0.05) is 38.0 Å².